The van der Waals surface area contributed by atoms with E-state index < -0.39 is 37.1 Å². The summed E-state index contributed by atoms with van der Waals surface area (Å²) in [7, 11) is 0. The number of nitrogen functional groups attached to an aromatic ring is 1. The molecule has 4 unspecified atom stereocenters. The summed E-state index contributed by atoms with van der Waals surface area (Å²) in [4.78, 5) is 26.5. The number of H-pyrrole nitrogens is 1. The molecule has 10 nitrogen and oxygen atoms in total. The molecule has 2 saturated heterocycles. The summed E-state index contributed by atoms with van der Waals surface area (Å²) in [5, 5.41) is 9.55. The molecule has 4 atom stereocenters. The molecule has 0 saturated carbocycles. The molecule has 4 N–H and O–H groups in total. The van der Waals surface area contributed by atoms with Crippen LogP contribution in [-0.4, -0.2) is 68.7 Å². The molecule has 23 heavy (non-hydrogen) atoms. The number of aromatic nitrogens is 4. The van der Waals surface area contributed by atoms with Crippen molar-refractivity contribution >= 4 is 36.3 Å². The Kier molecular flexibility index (Phi) is 3.43. The molecule has 2 fully saturated rings. The fourth-order valence-electron chi connectivity index (χ4n) is 3.16. The predicted molar refractivity (Wildman–Crippen MR) is 80.8 cm³/mol. The van der Waals surface area contributed by atoms with Gasteiger partial charge in [-0.3, -0.25) is 0 Å². The first kappa shape index (κ1) is 15.3. The third-order valence-corrected chi connectivity index (χ3v) is 8.82. The maximum atomic E-state index is 11.9. The Hall–Kier alpha value is -1.21. The number of nitrogens with two attached hydrogens (primary N) is 1. The van der Waals surface area contributed by atoms with Crippen LogP contribution in [0.15, 0.2) is 11.1 Å². The molecule has 2 aliphatic heterocycles. The number of nitrogens with zero attached hydrogens (tertiary/aromatic N) is 3. The van der Waals surface area contributed by atoms with Gasteiger partial charge in [0.05, 0.1) is 0 Å². The van der Waals surface area contributed by atoms with Crippen molar-refractivity contribution in [1.29, 1.82) is 0 Å². The Morgan fingerprint density at radius 3 is 2.91 bits per heavy atom. The van der Waals surface area contributed by atoms with Gasteiger partial charge in [0.25, 0.3) is 0 Å². The van der Waals surface area contributed by atoms with Crippen LogP contribution in [0.4, 0.5) is 5.95 Å². The van der Waals surface area contributed by atoms with Crippen LogP contribution in [0.3, 0.4) is 0 Å². The van der Waals surface area contributed by atoms with Gasteiger partial charge in [0.2, 0.25) is 0 Å². The zero-order chi connectivity index (χ0) is 16.4. The standard InChI is InChI=1S/C10H11N5O5.2CH3.Sn/c11-10-13-7-4(8(19)14-10)12-2-15(7)9-6(18)5(17)3(1-16)20-9;;;/h2-3,5-6,9,16H,1H2,(H3,11,13,14,19);2*1H3;/q-2;;;+2. The number of hydrogen-bond acceptors (Lipinski definition) is 8. The maximum absolute atomic E-state index is 11.9. The van der Waals surface area contributed by atoms with Crippen molar-refractivity contribution < 1.29 is 16.0 Å². The SMILES string of the molecule is [CH3][Sn]1([CH3])[O]C2C(CO)OC(n3cnc4c(=O)[nH]c(N)nc43)C2[O]1. The second kappa shape index (κ2) is 5.14. The number of fused-ring (bicyclic) bond motifs is 2. The van der Waals surface area contributed by atoms with Gasteiger partial charge in [-0.1, -0.05) is 0 Å². The molecule has 2 aromatic heterocycles. The summed E-state index contributed by atoms with van der Waals surface area (Å²) in [5.74, 6) is 0.000556. The first-order valence-corrected chi connectivity index (χ1v) is 15.3. The van der Waals surface area contributed by atoms with Gasteiger partial charge in [-0.15, -0.1) is 0 Å². The molecule has 2 aliphatic rings. The van der Waals surface area contributed by atoms with E-state index in [9.17, 15) is 9.90 Å². The molecule has 0 aromatic carbocycles. The Morgan fingerprint density at radius 1 is 1.43 bits per heavy atom. The molecule has 4 heterocycles. The van der Waals surface area contributed by atoms with Crippen molar-refractivity contribution in [2.45, 2.75) is 34.4 Å². The number of nitrogens with one attached hydrogen (secondary N) is 1. The zero-order valence-corrected chi connectivity index (χ0v) is 15.4. The van der Waals surface area contributed by atoms with E-state index in [1.54, 1.807) is 4.57 Å². The van der Waals surface area contributed by atoms with Crippen LogP contribution in [0, 0.1) is 0 Å². The Morgan fingerprint density at radius 2 is 2.17 bits per heavy atom. The first-order chi connectivity index (χ1) is 10.9. The molecular formula is C12H17N5O5Sn. The Labute approximate surface area is 135 Å². The van der Waals surface area contributed by atoms with E-state index in [1.807, 2.05) is 9.88 Å². The van der Waals surface area contributed by atoms with E-state index >= 15 is 0 Å². The van der Waals surface area contributed by atoms with E-state index in [-0.39, 0.29) is 30.3 Å². The zero-order valence-electron chi connectivity index (χ0n) is 12.6. The van der Waals surface area contributed by atoms with Crippen molar-refractivity contribution in [3.63, 3.8) is 0 Å². The van der Waals surface area contributed by atoms with Crippen LogP contribution in [0.1, 0.15) is 6.23 Å². The van der Waals surface area contributed by atoms with Crippen LogP contribution >= 0.6 is 0 Å². The third kappa shape index (κ3) is 2.36. The van der Waals surface area contributed by atoms with Crippen molar-refractivity contribution in [3.05, 3.63) is 16.7 Å². The van der Waals surface area contributed by atoms with E-state index in [2.05, 4.69) is 15.0 Å². The molecule has 2 aromatic rings. The van der Waals surface area contributed by atoms with Crippen molar-refractivity contribution in [1.82, 2.24) is 19.5 Å². The molecule has 0 spiro atoms. The fourth-order valence-corrected chi connectivity index (χ4v) is 8.59. The predicted octanol–water partition coefficient (Wildman–Crippen LogP) is -0.923. The van der Waals surface area contributed by atoms with Crippen molar-refractivity contribution in [2.75, 3.05) is 12.3 Å². The van der Waals surface area contributed by atoms with Crippen LogP contribution in [0.5, 0.6) is 0 Å². The van der Waals surface area contributed by atoms with Gasteiger partial charge in [0, 0.05) is 0 Å². The van der Waals surface area contributed by atoms with E-state index in [4.69, 9.17) is 16.6 Å². The van der Waals surface area contributed by atoms with Gasteiger partial charge < -0.3 is 0 Å². The van der Waals surface area contributed by atoms with Crippen molar-refractivity contribution in [3.8, 4) is 0 Å². The topological polar surface area (TPSA) is 138 Å². The van der Waals surface area contributed by atoms with Gasteiger partial charge in [0.15, 0.2) is 0 Å². The Bertz CT molecular complexity index is 820. The average Bonchev–Trinajstić information content (AvgIpc) is 3.09. The molecule has 11 heteroatoms. The van der Waals surface area contributed by atoms with Crippen LogP contribution in [0.2, 0.25) is 9.88 Å². The van der Waals surface area contributed by atoms with Crippen LogP contribution in [-0.2, 0) is 10.9 Å². The van der Waals surface area contributed by atoms with E-state index in [1.165, 1.54) is 6.33 Å². The second-order valence-corrected chi connectivity index (χ2v) is 15.4. The number of aliphatic hydroxyl groups is 1. The molecule has 0 bridgehead atoms. The van der Waals surface area contributed by atoms with Crippen molar-refractivity contribution in [2.24, 2.45) is 0 Å². The minimum absolute atomic E-state index is 0.000556. The second-order valence-electron chi connectivity index (χ2n) is 6.09. The fraction of sp³-hybridized carbons (Fsp3) is 0.583. The number of hydrogen-bond donors (Lipinski definition) is 3. The summed E-state index contributed by atoms with van der Waals surface area (Å²) in [6, 6.07) is 0. The van der Waals surface area contributed by atoms with Gasteiger partial charge in [-0.05, 0) is 0 Å². The normalized spacial score (nSPS) is 32.5. The number of ether oxygens (including phenoxy) is 1. The summed E-state index contributed by atoms with van der Waals surface area (Å²) in [6.07, 6.45) is -0.280. The number of anilines is 1. The molecule has 4 rings (SSSR count). The van der Waals surface area contributed by atoms with Gasteiger partial charge in [0.1, 0.15) is 0 Å². The monoisotopic (exact) mass is 431 g/mol. The number of rotatable bonds is 2. The summed E-state index contributed by atoms with van der Waals surface area (Å²) in [6.45, 7) is -0.175. The van der Waals surface area contributed by atoms with E-state index in [0.29, 0.717) is 5.65 Å². The van der Waals surface area contributed by atoms with Crippen LogP contribution in [0.25, 0.3) is 11.2 Å². The number of imidazole rings is 1. The summed E-state index contributed by atoms with van der Waals surface area (Å²) >= 11 is -3.04. The number of aliphatic hydroxyl groups excluding tert-OH is 1. The molecule has 0 aliphatic carbocycles. The van der Waals surface area contributed by atoms with Crippen LogP contribution < -0.4 is 11.3 Å². The van der Waals surface area contributed by atoms with Gasteiger partial charge in [-0.2, -0.15) is 0 Å². The third-order valence-electron chi connectivity index (χ3n) is 4.03. The summed E-state index contributed by atoms with van der Waals surface area (Å²) in [5.41, 5.74) is 5.70. The van der Waals surface area contributed by atoms with E-state index in [0.717, 1.165) is 0 Å². The molecule has 0 radical (unpaired) electrons. The van der Waals surface area contributed by atoms with Gasteiger partial charge >= 0.3 is 135 Å². The quantitative estimate of drug-likeness (QED) is 0.521. The Balaban J connectivity index is 1.80. The number of aromatic amines is 1. The molecule has 0 amide bonds. The first-order valence-electron chi connectivity index (χ1n) is 7.24. The van der Waals surface area contributed by atoms with Gasteiger partial charge in [-0.25, -0.2) is 0 Å². The molecular weight excluding hydrogens is 413 g/mol. The average molecular weight is 430 g/mol. The molecule has 124 valence electrons. The summed E-state index contributed by atoms with van der Waals surface area (Å²) < 4.78 is 19.6. The minimum atomic E-state index is -3.04.